The molecule has 0 saturated carbocycles. The third-order valence-corrected chi connectivity index (χ3v) is 3.48. The molecule has 4 nitrogen and oxygen atoms in total. The Morgan fingerprint density at radius 1 is 1.08 bits per heavy atom. The maximum absolute atomic E-state index is 12.8. The van der Waals surface area contributed by atoms with Crippen LogP contribution in [0, 0.1) is 11.3 Å². The van der Waals surface area contributed by atoms with Gasteiger partial charge in [0.2, 0.25) is 0 Å². The summed E-state index contributed by atoms with van der Waals surface area (Å²) in [4.78, 5) is 0. The van der Waals surface area contributed by atoms with E-state index in [0.717, 1.165) is 17.7 Å². The second kappa shape index (κ2) is 8.01. The van der Waals surface area contributed by atoms with Crippen LogP contribution in [0.4, 0.5) is 13.2 Å². The summed E-state index contributed by atoms with van der Waals surface area (Å²) in [6.45, 7) is 0. The highest BCUT2D eigenvalue weighted by molar-refractivity contribution is 5.48. The molecule has 2 aromatic rings. The van der Waals surface area contributed by atoms with Crippen LogP contribution in [0.25, 0.3) is 0 Å². The summed E-state index contributed by atoms with van der Waals surface area (Å²) < 4.78 is 54.0. The molecule has 0 aliphatic carbocycles. The van der Waals surface area contributed by atoms with Gasteiger partial charge in [-0.1, -0.05) is 12.1 Å². The van der Waals surface area contributed by atoms with Crippen molar-refractivity contribution in [2.75, 3.05) is 14.2 Å². The predicted octanol–water partition coefficient (Wildman–Crippen LogP) is 4.53. The van der Waals surface area contributed by atoms with E-state index in [2.05, 4.69) is 0 Å². The number of alkyl halides is 3. The van der Waals surface area contributed by atoms with Gasteiger partial charge in [0.05, 0.1) is 11.1 Å². The van der Waals surface area contributed by atoms with E-state index in [0.29, 0.717) is 6.42 Å². The number of benzene rings is 2. The third-order valence-electron chi connectivity index (χ3n) is 3.48. The Labute approximate surface area is 143 Å². The fourth-order valence-electron chi connectivity index (χ4n) is 2.20. The van der Waals surface area contributed by atoms with Gasteiger partial charge in [0.1, 0.15) is 17.6 Å². The minimum absolute atomic E-state index is 0.00531. The van der Waals surface area contributed by atoms with Crippen LogP contribution in [-0.2, 0) is 22.1 Å². The molecule has 7 heteroatoms. The molecule has 0 N–H and O–H groups in total. The highest BCUT2D eigenvalue weighted by atomic mass is 19.4. The predicted molar refractivity (Wildman–Crippen MR) is 84.2 cm³/mol. The molecule has 0 saturated heterocycles. The Morgan fingerprint density at radius 3 is 2.40 bits per heavy atom. The van der Waals surface area contributed by atoms with Gasteiger partial charge in [0.25, 0.3) is 0 Å². The first-order valence-electron chi connectivity index (χ1n) is 7.31. The second-order valence-corrected chi connectivity index (χ2v) is 5.18. The number of hydrogen-bond acceptors (Lipinski definition) is 4. The van der Waals surface area contributed by atoms with Crippen molar-refractivity contribution in [3.63, 3.8) is 0 Å². The van der Waals surface area contributed by atoms with Gasteiger partial charge in [0, 0.05) is 20.6 Å². The van der Waals surface area contributed by atoms with Crippen molar-refractivity contribution in [2.45, 2.75) is 18.9 Å². The fraction of sp³-hybridized carbons (Fsp3) is 0.278. The van der Waals surface area contributed by atoms with E-state index in [9.17, 15) is 18.4 Å². The zero-order valence-corrected chi connectivity index (χ0v) is 13.6. The molecule has 132 valence electrons. The van der Waals surface area contributed by atoms with Crippen molar-refractivity contribution in [1.82, 2.24) is 0 Å². The van der Waals surface area contributed by atoms with Gasteiger partial charge < -0.3 is 14.2 Å². The zero-order valence-electron chi connectivity index (χ0n) is 13.6. The van der Waals surface area contributed by atoms with Gasteiger partial charge in [-0.25, -0.2) is 0 Å². The van der Waals surface area contributed by atoms with Crippen molar-refractivity contribution < 1.29 is 27.4 Å². The molecule has 2 rings (SSSR count). The van der Waals surface area contributed by atoms with Gasteiger partial charge in [-0.2, -0.15) is 18.4 Å². The smallest absolute Gasteiger partial charge is 0.416 e. The molecule has 0 aliphatic heterocycles. The molecule has 0 atom stereocenters. The second-order valence-electron chi connectivity index (χ2n) is 5.18. The molecule has 0 radical (unpaired) electrons. The van der Waals surface area contributed by atoms with Gasteiger partial charge in [-0.3, -0.25) is 0 Å². The van der Waals surface area contributed by atoms with Crippen LogP contribution in [0.5, 0.6) is 11.5 Å². The third kappa shape index (κ3) is 4.95. The molecule has 0 bridgehead atoms. The molecule has 0 aromatic heterocycles. The largest absolute Gasteiger partial charge is 0.456 e. The van der Waals surface area contributed by atoms with Crippen molar-refractivity contribution in [2.24, 2.45) is 0 Å². The van der Waals surface area contributed by atoms with Crippen LogP contribution in [0.3, 0.4) is 0 Å². The molecule has 0 amide bonds. The lowest BCUT2D eigenvalue weighted by Gasteiger charge is -2.14. The van der Waals surface area contributed by atoms with Crippen LogP contribution in [0.15, 0.2) is 42.5 Å². The number of hydrogen-bond donors (Lipinski definition) is 0. The van der Waals surface area contributed by atoms with Gasteiger partial charge >= 0.3 is 6.18 Å². The van der Waals surface area contributed by atoms with E-state index >= 15 is 0 Å². The Morgan fingerprint density at radius 2 is 1.80 bits per heavy atom. The average Bonchev–Trinajstić information content (AvgIpc) is 2.60. The SMILES string of the molecule is COC(Cc1ccc(Oc2cccc(C(F)(F)F)c2)c(C#N)c1)OC. The molecule has 25 heavy (non-hydrogen) atoms. The number of nitriles is 1. The Kier molecular flexibility index (Phi) is 6.02. The number of halogens is 3. The van der Waals surface area contributed by atoms with Gasteiger partial charge in [-0.15, -0.1) is 0 Å². The zero-order chi connectivity index (χ0) is 18.4. The topological polar surface area (TPSA) is 51.5 Å². The average molecular weight is 351 g/mol. The van der Waals surface area contributed by atoms with E-state index in [4.69, 9.17) is 14.2 Å². The molecule has 2 aromatic carbocycles. The van der Waals surface area contributed by atoms with Crippen molar-refractivity contribution >= 4 is 0 Å². The van der Waals surface area contributed by atoms with Crippen molar-refractivity contribution in [3.8, 4) is 17.6 Å². The maximum atomic E-state index is 12.8. The van der Waals surface area contributed by atoms with Crippen LogP contribution in [0.1, 0.15) is 16.7 Å². The normalized spacial score (nSPS) is 11.4. The summed E-state index contributed by atoms with van der Waals surface area (Å²) in [7, 11) is 3.01. The number of ether oxygens (including phenoxy) is 3. The molecular formula is C18H16F3NO3. The molecular weight excluding hydrogens is 335 g/mol. The van der Waals surface area contributed by atoms with Crippen LogP contribution < -0.4 is 4.74 Å². The van der Waals surface area contributed by atoms with Crippen LogP contribution >= 0.6 is 0 Å². The lowest BCUT2D eigenvalue weighted by atomic mass is 10.1. The lowest BCUT2D eigenvalue weighted by Crippen LogP contribution is -2.16. The minimum Gasteiger partial charge on any atom is -0.456 e. The van der Waals surface area contributed by atoms with Crippen molar-refractivity contribution in [3.05, 3.63) is 59.2 Å². The molecule has 0 heterocycles. The van der Waals surface area contributed by atoms with E-state index < -0.39 is 18.0 Å². The highest BCUT2D eigenvalue weighted by Gasteiger charge is 2.30. The highest BCUT2D eigenvalue weighted by Crippen LogP contribution is 2.33. The van der Waals surface area contributed by atoms with Crippen LogP contribution in [0.2, 0.25) is 0 Å². The van der Waals surface area contributed by atoms with Gasteiger partial charge in [0.15, 0.2) is 6.29 Å². The lowest BCUT2D eigenvalue weighted by molar-refractivity contribution is -0.137. The van der Waals surface area contributed by atoms with E-state index in [1.807, 2.05) is 6.07 Å². The standard InChI is InChI=1S/C18H16F3NO3/c1-23-17(24-2)9-12-6-7-16(13(8-12)11-22)25-15-5-3-4-14(10-15)18(19,20)21/h3-8,10,17H,9H2,1-2H3. The molecule has 0 spiro atoms. The summed E-state index contributed by atoms with van der Waals surface area (Å²) >= 11 is 0. The minimum atomic E-state index is -4.46. The summed E-state index contributed by atoms with van der Waals surface area (Å²) in [5.41, 5.74) is 0.172. The van der Waals surface area contributed by atoms with Crippen molar-refractivity contribution in [1.29, 1.82) is 5.26 Å². The number of methoxy groups -OCH3 is 2. The van der Waals surface area contributed by atoms with Gasteiger partial charge in [-0.05, 0) is 35.9 Å². The summed E-state index contributed by atoms with van der Waals surface area (Å²) in [5, 5.41) is 9.28. The van der Waals surface area contributed by atoms with E-state index in [1.54, 1.807) is 12.1 Å². The Balaban J connectivity index is 2.24. The first-order chi connectivity index (χ1) is 11.9. The molecule has 0 unspecified atom stereocenters. The molecule has 0 fully saturated rings. The molecule has 0 aliphatic rings. The maximum Gasteiger partial charge on any atom is 0.416 e. The Bertz CT molecular complexity index is 765. The number of rotatable bonds is 6. The summed E-state index contributed by atoms with van der Waals surface area (Å²) in [6, 6.07) is 11.3. The Hall–Kier alpha value is -2.56. The summed E-state index contributed by atoms with van der Waals surface area (Å²) in [6.07, 6.45) is -4.50. The summed E-state index contributed by atoms with van der Waals surface area (Å²) in [5.74, 6) is 0.183. The van der Waals surface area contributed by atoms with Crippen LogP contribution in [-0.4, -0.2) is 20.5 Å². The fourth-order valence-corrected chi connectivity index (χ4v) is 2.20. The first kappa shape index (κ1) is 18.8. The quantitative estimate of drug-likeness (QED) is 0.718. The number of nitrogens with zero attached hydrogens (tertiary/aromatic N) is 1. The van der Waals surface area contributed by atoms with E-state index in [-0.39, 0.29) is 17.1 Å². The first-order valence-corrected chi connectivity index (χ1v) is 7.31. The van der Waals surface area contributed by atoms with E-state index in [1.165, 1.54) is 32.4 Å². The monoisotopic (exact) mass is 351 g/mol.